The lowest BCUT2D eigenvalue weighted by Gasteiger charge is -2.22. The van der Waals surface area contributed by atoms with E-state index < -0.39 is 10.0 Å². The van der Waals surface area contributed by atoms with Crippen molar-refractivity contribution >= 4 is 21.8 Å². The molecule has 1 rings (SSSR count). The van der Waals surface area contributed by atoms with E-state index in [1.807, 2.05) is 32.2 Å². The Morgan fingerprint density at radius 3 is 2.33 bits per heavy atom. The molecule has 0 aliphatic rings. The first-order valence-corrected chi connectivity index (χ1v) is 9.86. The van der Waals surface area contributed by atoms with E-state index in [9.17, 15) is 8.42 Å². The van der Waals surface area contributed by atoms with Gasteiger partial charge in [0.1, 0.15) is 0 Å². The van der Waals surface area contributed by atoms with Crippen molar-refractivity contribution in [2.45, 2.75) is 43.4 Å². The minimum Gasteiger partial charge on any atom is -0.313 e. The van der Waals surface area contributed by atoms with Crippen molar-refractivity contribution in [3.8, 4) is 0 Å². The smallest absolute Gasteiger partial charge is 0.240 e. The molecular weight excluding hydrogens is 304 g/mol. The SMILES string of the molecule is CCCNCc1ccc(S(=O)(=O)NCC(C)(C)SC)cc1. The van der Waals surface area contributed by atoms with Crippen LogP contribution in [0.4, 0.5) is 0 Å². The number of nitrogens with one attached hydrogen (secondary N) is 2. The molecule has 0 fully saturated rings. The first-order chi connectivity index (χ1) is 9.80. The average molecular weight is 331 g/mol. The zero-order chi connectivity index (χ0) is 15.9. The Kier molecular flexibility index (Phi) is 7.20. The van der Waals surface area contributed by atoms with E-state index in [4.69, 9.17) is 0 Å². The third-order valence-electron chi connectivity index (χ3n) is 3.23. The Bertz CT molecular complexity index is 525. The highest BCUT2D eigenvalue weighted by molar-refractivity contribution is 8.00. The lowest BCUT2D eigenvalue weighted by Crippen LogP contribution is -2.36. The predicted molar refractivity (Wildman–Crippen MR) is 91.2 cm³/mol. The highest BCUT2D eigenvalue weighted by Crippen LogP contribution is 2.20. The Morgan fingerprint density at radius 1 is 1.19 bits per heavy atom. The van der Waals surface area contributed by atoms with Crippen LogP contribution in [-0.4, -0.2) is 32.5 Å². The number of sulfonamides is 1. The van der Waals surface area contributed by atoms with E-state index >= 15 is 0 Å². The van der Waals surface area contributed by atoms with Gasteiger partial charge in [0.15, 0.2) is 0 Å². The number of thioether (sulfide) groups is 1. The molecule has 1 aromatic carbocycles. The van der Waals surface area contributed by atoms with Gasteiger partial charge >= 0.3 is 0 Å². The number of hydrogen-bond donors (Lipinski definition) is 2. The van der Waals surface area contributed by atoms with Crippen LogP contribution in [0.25, 0.3) is 0 Å². The molecule has 120 valence electrons. The van der Waals surface area contributed by atoms with Crippen LogP contribution in [0.5, 0.6) is 0 Å². The molecule has 1 aromatic rings. The molecule has 0 amide bonds. The maximum atomic E-state index is 12.2. The Balaban J connectivity index is 2.67. The van der Waals surface area contributed by atoms with E-state index in [-0.39, 0.29) is 4.75 Å². The molecular formula is C15H26N2O2S2. The third kappa shape index (κ3) is 6.38. The van der Waals surface area contributed by atoms with Gasteiger partial charge in [-0.15, -0.1) is 0 Å². The maximum absolute atomic E-state index is 12.2. The van der Waals surface area contributed by atoms with Gasteiger partial charge in [-0.05, 0) is 50.8 Å². The first kappa shape index (κ1) is 18.5. The quantitative estimate of drug-likeness (QED) is 0.683. The van der Waals surface area contributed by atoms with Crippen LogP contribution in [0, 0.1) is 0 Å². The number of benzene rings is 1. The molecule has 4 nitrogen and oxygen atoms in total. The van der Waals surface area contributed by atoms with E-state index in [0.717, 1.165) is 25.1 Å². The predicted octanol–water partition coefficient (Wildman–Crippen LogP) is 2.61. The van der Waals surface area contributed by atoms with E-state index in [1.165, 1.54) is 0 Å². The van der Waals surface area contributed by atoms with Crippen LogP contribution in [0.15, 0.2) is 29.2 Å². The lowest BCUT2D eigenvalue weighted by molar-refractivity contribution is 0.570. The van der Waals surface area contributed by atoms with Crippen molar-refractivity contribution in [3.05, 3.63) is 29.8 Å². The molecule has 0 aliphatic carbocycles. The first-order valence-electron chi connectivity index (χ1n) is 7.15. The Morgan fingerprint density at radius 2 is 1.81 bits per heavy atom. The summed E-state index contributed by atoms with van der Waals surface area (Å²) in [6.45, 7) is 8.29. The highest BCUT2D eigenvalue weighted by Gasteiger charge is 2.21. The minimum absolute atomic E-state index is 0.114. The molecule has 0 saturated heterocycles. The second-order valence-corrected chi connectivity index (χ2v) is 8.89. The molecule has 0 spiro atoms. The summed E-state index contributed by atoms with van der Waals surface area (Å²) in [4.78, 5) is 0.318. The van der Waals surface area contributed by atoms with Gasteiger partial charge in [-0.2, -0.15) is 11.8 Å². The zero-order valence-electron chi connectivity index (χ0n) is 13.3. The minimum atomic E-state index is -3.43. The van der Waals surface area contributed by atoms with Crippen molar-refractivity contribution < 1.29 is 8.42 Å². The second-order valence-electron chi connectivity index (χ2n) is 5.61. The summed E-state index contributed by atoms with van der Waals surface area (Å²) in [5, 5.41) is 3.29. The summed E-state index contributed by atoms with van der Waals surface area (Å²) < 4.78 is 27.0. The summed E-state index contributed by atoms with van der Waals surface area (Å²) in [5.74, 6) is 0. The maximum Gasteiger partial charge on any atom is 0.240 e. The van der Waals surface area contributed by atoms with Gasteiger partial charge < -0.3 is 5.32 Å². The van der Waals surface area contributed by atoms with Crippen LogP contribution in [0.1, 0.15) is 32.8 Å². The zero-order valence-corrected chi connectivity index (χ0v) is 14.9. The van der Waals surface area contributed by atoms with Crippen molar-refractivity contribution in [2.24, 2.45) is 0 Å². The van der Waals surface area contributed by atoms with Gasteiger partial charge in [0.25, 0.3) is 0 Å². The molecule has 2 N–H and O–H groups in total. The van der Waals surface area contributed by atoms with Crippen LogP contribution < -0.4 is 10.0 Å². The molecule has 0 heterocycles. The van der Waals surface area contributed by atoms with Gasteiger partial charge in [0.05, 0.1) is 4.90 Å². The molecule has 0 atom stereocenters. The van der Waals surface area contributed by atoms with Gasteiger partial charge in [0.2, 0.25) is 10.0 Å². The normalized spacial score (nSPS) is 12.6. The molecule has 0 aliphatic heterocycles. The number of rotatable bonds is 9. The van der Waals surface area contributed by atoms with E-state index in [2.05, 4.69) is 17.0 Å². The highest BCUT2D eigenvalue weighted by atomic mass is 32.2. The van der Waals surface area contributed by atoms with Gasteiger partial charge in [-0.25, -0.2) is 13.1 Å². The van der Waals surface area contributed by atoms with Crippen molar-refractivity contribution in [2.75, 3.05) is 19.3 Å². The fraction of sp³-hybridized carbons (Fsp3) is 0.600. The Labute approximate surface area is 133 Å². The standard InChI is InChI=1S/C15H26N2O2S2/c1-5-10-16-11-13-6-8-14(9-7-13)21(18,19)17-12-15(2,3)20-4/h6-9,16-17H,5,10-12H2,1-4H3. The van der Waals surface area contributed by atoms with Crippen LogP contribution in [-0.2, 0) is 16.6 Å². The van der Waals surface area contributed by atoms with Gasteiger partial charge in [-0.3, -0.25) is 0 Å². The number of hydrogen-bond acceptors (Lipinski definition) is 4. The molecule has 0 saturated carbocycles. The fourth-order valence-electron chi connectivity index (χ4n) is 1.62. The van der Waals surface area contributed by atoms with Crippen molar-refractivity contribution in [3.63, 3.8) is 0 Å². The van der Waals surface area contributed by atoms with Crippen molar-refractivity contribution in [1.29, 1.82) is 0 Å². The summed E-state index contributed by atoms with van der Waals surface area (Å²) in [7, 11) is -3.43. The molecule has 0 radical (unpaired) electrons. The molecule has 0 unspecified atom stereocenters. The summed E-state index contributed by atoms with van der Waals surface area (Å²) >= 11 is 1.64. The lowest BCUT2D eigenvalue weighted by atomic mass is 10.2. The molecule has 0 aromatic heterocycles. The third-order valence-corrected chi connectivity index (χ3v) is 5.90. The fourth-order valence-corrected chi connectivity index (χ4v) is 3.14. The Hall–Kier alpha value is -0.560. The topological polar surface area (TPSA) is 58.2 Å². The summed E-state index contributed by atoms with van der Waals surface area (Å²) in [5.41, 5.74) is 1.09. The monoisotopic (exact) mass is 330 g/mol. The van der Waals surface area contributed by atoms with Crippen molar-refractivity contribution in [1.82, 2.24) is 10.0 Å². The largest absolute Gasteiger partial charge is 0.313 e. The average Bonchev–Trinajstić information content (AvgIpc) is 2.46. The summed E-state index contributed by atoms with van der Waals surface area (Å²) in [6.07, 6.45) is 3.06. The van der Waals surface area contributed by atoms with Crippen LogP contribution in [0.3, 0.4) is 0 Å². The molecule has 6 heteroatoms. The van der Waals surface area contributed by atoms with Gasteiger partial charge in [0, 0.05) is 17.8 Å². The molecule has 21 heavy (non-hydrogen) atoms. The molecule has 0 bridgehead atoms. The van der Waals surface area contributed by atoms with Crippen LogP contribution >= 0.6 is 11.8 Å². The van der Waals surface area contributed by atoms with Gasteiger partial charge in [-0.1, -0.05) is 19.1 Å². The second kappa shape index (κ2) is 8.17. The van der Waals surface area contributed by atoms with E-state index in [1.54, 1.807) is 23.9 Å². The van der Waals surface area contributed by atoms with E-state index in [0.29, 0.717) is 11.4 Å². The van der Waals surface area contributed by atoms with Crippen LogP contribution in [0.2, 0.25) is 0 Å². The summed E-state index contributed by atoms with van der Waals surface area (Å²) in [6, 6.07) is 7.04.